The second kappa shape index (κ2) is 5.47. The largest absolute Gasteiger partial charge is 0.489 e. The Labute approximate surface area is 105 Å². The van der Waals surface area contributed by atoms with Gasteiger partial charge in [0.15, 0.2) is 0 Å². The van der Waals surface area contributed by atoms with Gasteiger partial charge < -0.3 is 9.84 Å². The fourth-order valence-electron chi connectivity index (χ4n) is 1.68. The van der Waals surface area contributed by atoms with Gasteiger partial charge in [0.2, 0.25) is 0 Å². The van der Waals surface area contributed by atoms with Crippen LogP contribution in [0.4, 0.5) is 0 Å². The van der Waals surface area contributed by atoms with Crippen LogP contribution < -0.4 is 4.74 Å². The maximum absolute atomic E-state index is 8.78. The molecule has 0 saturated carbocycles. The molecule has 1 aromatic heterocycles. The van der Waals surface area contributed by atoms with Crippen molar-refractivity contribution in [1.82, 2.24) is 4.98 Å². The van der Waals surface area contributed by atoms with Crippen LogP contribution in [0.1, 0.15) is 18.9 Å². The van der Waals surface area contributed by atoms with Gasteiger partial charge in [0.25, 0.3) is 0 Å². The Morgan fingerprint density at radius 1 is 1.41 bits per heavy atom. The van der Waals surface area contributed by atoms with E-state index in [9.17, 15) is 0 Å². The first kappa shape index (κ1) is 12.3. The summed E-state index contributed by atoms with van der Waals surface area (Å²) in [5.74, 6) is 1.38. The van der Waals surface area contributed by atoms with Crippen LogP contribution in [0.3, 0.4) is 0 Å². The zero-order valence-corrected chi connectivity index (χ0v) is 11.0. The van der Waals surface area contributed by atoms with Gasteiger partial charge in [-0.05, 0) is 18.1 Å². The number of benzene rings is 1. The molecular formula is C13H17NO2S. The lowest BCUT2D eigenvalue weighted by Crippen LogP contribution is -2.01. The third-order valence-corrected chi connectivity index (χ3v) is 3.40. The third-order valence-electron chi connectivity index (χ3n) is 2.36. The smallest absolute Gasteiger partial charge is 0.146 e. The summed E-state index contributed by atoms with van der Waals surface area (Å²) in [6.45, 7) is 4.72. The summed E-state index contributed by atoms with van der Waals surface area (Å²) in [5.41, 5.74) is 0.918. The lowest BCUT2D eigenvalue weighted by Gasteiger charge is -2.03. The van der Waals surface area contributed by atoms with Crippen molar-refractivity contribution in [2.75, 3.05) is 13.2 Å². The Hall–Kier alpha value is -1.13. The highest BCUT2D eigenvalue weighted by molar-refractivity contribution is 7.18. The molecule has 0 aliphatic rings. The van der Waals surface area contributed by atoms with E-state index in [1.807, 2.05) is 12.1 Å². The Balaban J connectivity index is 2.31. The molecule has 92 valence electrons. The van der Waals surface area contributed by atoms with E-state index in [2.05, 4.69) is 24.9 Å². The fraction of sp³-hybridized carbons (Fsp3) is 0.462. The number of aromatic nitrogens is 1. The number of ether oxygens (including phenoxy) is 1. The van der Waals surface area contributed by atoms with Crippen LogP contribution in [0.5, 0.6) is 5.75 Å². The van der Waals surface area contributed by atoms with Gasteiger partial charge in [0, 0.05) is 6.42 Å². The number of aliphatic hydroxyl groups excluding tert-OH is 1. The van der Waals surface area contributed by atoms with Crippen molar-refractivity contribution in [3.05, 3.63) is 23.2 Å². The highest BCUT2D eigenvalue weighted by Gasteiger charge is 2.09. The SMILES string of the molecule is CC(C)Cc1nc2c(OCCO)cccc2s1. The summed E-state index contributed by atoms with van der Waals surface area (Å²) < 4.78 is 6.63. The maximum atomic E-state index is 8.78. The predicted octanol–water partition coefficient (Wildman–Crippen LogP) is 2.87. The molecule has 0 radical (unpaired) electrons. The lowest BCUT2D eigenvalue weighted by atomic mass is 10.1. The summed E-state index contributed by atoms with van der Waals surface area (Å²) in [5, 5.41) is 9.93. The summed E-state index contributed by atoms with van der Waals surface area (Å²) in [6, 6.07) is 5.92. The molecule has 0 atom stereocenters. The van der Waals surface area contributed by atoms with Crippen molar-refractivity contribution >= 4 is 21.6 Å². The monoisotopic (exact) mass is 251 g/mol. The lowest BCUT2D eigenvalue weighted by molar-refractivity contribution is 0.202. The first-order valence-corrected chi connectivity index (χ1v) is 6.64. The molecule has 0 spiro atoms. The standard InChI is InChI=1S/C13H17NO2S/c1-9(2)8-12-14-13-10(16-7-6-15)4-3-5-11(13)17-12/h3-5,9,15H,6-8H2,1-2H3. The molecular weight excluding hydrogens is 234 g/mol. The second-order valence-electron chi connectivity index (χ2n) is 4.38. The predicted molar refractivity (Wildman–Crippen MR) is 70.7 cm³/mol. The van der Waals surface area contributed by atoms with Gasteiger partial charge in [-0.15, -0.1) is 11.3 Å². The summed E-state index contributed by atoms with van der Waals surface area (Å²) in [7, 11) is 0. The van der Waals surface area contributed by atoms with E-state index in [0.29, 0.717) is 12.5 Å². The zero-order chi connectivity index (χ0) is 12.3. The highest BCUT2D eigenvalue weighted by Crippen LogP contribution is 2.30. The van der Waals surface area contributed by atoms with Crippen molar-refractivity contribution < 1.29 is 9.84 Å². The number of thiazole rings is 1. The van der Waals surface area contributed by atoms with Crippen molar-refractivity contribution in [3.63, 3.8) is 0 Å². The molecule has 0 amide bonds. The van der Waals surface area contributed by atoms with E-state index in [-0.39, 0.29) is 6.61 Å². The van der Waals surface area contributed by atoms with Gasteiger partial charge in [-0.25, -0.2) is 4.98 Å². The average Bonchev–Trinajstić information content (AvgIpc) is 2.67. The molecule has 4 heteroatoms. The zero-order valence-electron chi connectivity index (χ0n) is 10.1. The van der Waals surface area contributed by atoms with Crippen LogP contribution in [-0.2, 0) is 6.42 Å². The molecule has 0 aliphatic carbocycles. The Bertz CT molecular complexity index is 493. The van der Waals surface area contributed by atoms with Crippen molar-refractivity contribution in [3.8, 4) is 5.75 Å². The van der Waals surface area contributed by atoms with Crippen LogP contribution in [0.25, 0.3) is 10.2 Å². The average molecular weight is 251 g/mol. The number of hydrogen-bond donors (Lipinski definition) is 1. The topological polar surface area (TPSA) is 42.4 Å². The van der Waals surface area contributed by atoms with E-state index < -0.39 is 0 Å². The molecule has 1 heterocycles. The Kier molecular flexibility index (Phi) is 3.97. The van der Waals surface area contributed by atoms with Gasteiger partial charge in [-0.2, -0.15) is 0 Å². The Morgan fingerprint density at radius 3 is 2.94 bits per heavy atom. The molecule has 2 aromatic rings. The Morgan fingerprint density at radius 2 is 2.24 bits per heavy atom. The minimum absolute atomic E-state index is 0.0272. The van der Waals surface area contributed by atoms with E-state index in [4.69, 9.17) is 9.84 Å². The molecule has 0 saturated heterocycles. The van der Waals surface area contributed by atoms with Gasteiger partial charge >= 0.3 is 0 Å². The number of fused-ring (bicyclic) bond motifs is 1. The molecule has 0 aliphatic heterocycles. The highest BCUT2D eigenvalue weighted by atomic mass is 32.1. The number of aliphatic hydroxyl groups is 1. The number of hydrogen-bond acceptors (Lipinski definition) is 4. The molecule has 1 aromatic carbocycles. The van der Waals surface area contributed by atoms with Crippen LogP contribution in [0, 0.1) is 5.92 Å². The van der Waals surface area contributed by atoms with Gasteiger partial charge in [0.1, 0.15) is 17.9 Å². The molecule has 1 N–H and O–H groups in total. The van der Waals surface area contributed by atoms with Crippen LogP contribution in [0.2, 0.25) is 0 Å². The van der Waals surface area contributed by atoms with Gasteiger partial charge in [-0.1, -0.05) is 19.9 Å². The minimum Gasteiger partial charge on any atom is -0.489 e. The minimum atomic E-state index is 0.0272. The first-order valence-electron chi connectivity index (χ1n) is 5.83. The summed E-state index contributed by atoms with van der Waals surface area (Å²) in [6.07, 6.45) is 0.999. The van der Waals surface area contributed by atoms with Crippen molar-refractivity contribution in [2.45, 2.75) is 20.3 Å². The summed E-state index contributed by atoms with van der Waals surface area (Å²) in [4.78, 5) is 4.62. The van der Waals surface area contributed by atoms with Crippen LogP contribution in [0.15, 0.2) is 18.2 Å². The normalized spacial score (nSPS) is 11.3. The molecule has 3 nitrogen and oxygen atoms in total. The van der Waals surface area contributed by atoms with Crippen molar-refractivity contribution in [2.24, 2.45) is 5.92 Å². The van der Waals surface area contributed by atoms with Crippen LogP contribution >= 0.6 is 11.3 Å². The first-order chi connectivity index (χ1) is 8.20. The van der Waals surface area contributed by atoms with E-state index in [1.54, 1.807) is 11.3 Å². The quantitative estimate of drug-likeness (QED) is 0.888. The maximum Gasteiger partial charge on any atom is 0.146 e. The molecule has 17 heavy (non-hydrogen) atoms. The van der Waals surface area contributed by atoms with Gasteiger partial charge in [0.05, 0.1) is 16.3 Å². The number of nitrogens with zero attached hydrogens (tertiary/aromatic N) is 1. The van der Waals surface area contributed by atoms with E-state index in [1.165, 1.54) is 0 Å². The number of para-hydroxylation sites is 1. The second-order valence-corrected chi connectivity index (χ2v) is 5.50. The van der Waals surface area contributed by atoms with E-state index >= 15 is 0 Å². The molecule has 0 bridgehead atoms. The molecule has 0 unspecified atom stereocenters. The van der Waals surface area contributed by atoms with Crippen LogP contribution in [-0.4, -0.2) is 23.3 Å². The van der Waals surface area contributed by atoms with Gasteiger partial charge in [-0.3, -0.25) is 0 Å². The fourth-order valence-corrected chi connectivity index (χ4v) is 2.87. The number of rotatable bonds is 5. The van der Waals surface area contributed by atoms with E-state index in [0.717, 1.165) is 27.4 Å². The molecule has 2 rings (SSSR count). The molecule has 0 fully saturated rings. The summed E-state index contributed by atoms with van der Waals surface area (Å²) >= 11 is 1.72. The van der Waals surface area contributed by atoms with Crippen molar-refractivity contribution in [1.29, 1.82) is 0 Å². The third kappa shape index (κ3) is 2.96.